The molecule has 0 aromatic heterocycles. The van der Waals surface area contributed by atoms with Gasteiger partial charge >= 0.3 is 5.97 Å². The first-order valence-electron chi connectivity index (χ1n) is 9.74. The smallest absolute Gasteiger partial charge is 0.326 e. The number of benzene rings is 1. The maximum Gasteiger partial charge on any atom is 0.326 e. The van der Waals surface area contributed by atoms with Crippen molar-refractivity contribution in [3.05, 3.63) is 29.8 Å². The molecule has 2 fully saturated rings. The van der Waals surface area contributed by atoms with Gasteiger partial charge in [0.15, 0.2) is 11.9 Å². The average molecular weight is 400 g/mol. The first kappa shape index (κ1) is 20.7. The largest absolute Gasteiger partial charge is 0.451 e. The minimum Gasteiger partial charge on any atom is -0.451 e. The maximum absolute atomic E-state index is 12.4. The quantitative estimate of drug-likeness (QED) is 0.444. The third-order valence-corrected chi connectivity index (χ3v) is 5.43. The van der Waals surface area contributed by atoms with E-state index in [9.17, 15) is 24.0 Å². The zero-order valence-corrected chi connectivity index (χ0v) is 16.5. The monoisotopic (exact) mass is 400 g/mol. The zero-order valence-electron chi connectivity index (χ0n) is 16.5. The SMILES string of the molecule is CC(=O)c1cccc(NC(=O)[C@@H](C)OC(=O)CN2C(=O)[C@H]3CCCC[C@H]3C2=O)c1. The van der Waals surface area contributed by atoms with Crippen LogP contribution in [0.3, 0.4) is 0 Å². The first-order chi connectivity index (χ1) is 13.8. The number of ketones is 1. The fraction of sp³-hybridized carbons (Fsp3) is 0.476. The summed E-state index contributed by atoms with van der Waals surface area (Å²) in [7, 11) is 0. The predicted octanol–water partition coefficient (Wildman–Crippen LogP) is 1.93. The third-order valence-electron chi connectivity index (χ3n) is 5.43. The Hall–Kier alpha value is -3.03. The van der Waals surface area contributed by atoms with Crippen LogP contribution in [0.5, 0.6) is 0 Å². The molecule has 1 aromatic carbocycles. The summed E-state index contributed by atoms with van der Waals surface area (Å²) in [5.74, 6) is -2.85. The molecule has 1 saturated heterocycles. The molecule has 3 amide bonds. The summed E-state index contributed by atoms with van der Waals surface area (Å²) in [6.07, 6.45) is 2.01. The normalized spacial score (nSPS) is 22.1. The molecule has 0 bridgehead atoms. The van der Waals surface area contributed by atoms with Gasteiger partial charge in [-0.15, -0.1) is 0 Å². The first-order valence-corrected chi connectivity index (χ1v) is 9.74. The number of esters is 1. The van der Waals surface area contributed by atoms with Crippen LogP contribution < -0.4 is 5.32 Å². The van der Waals surface area contributed by atoms with Crippen molar-refractivity contribution in [1.82, 2.24) is 4.90 Å². The Balaban J connectivity index is 1.55. The van der Waals surface area contributed by atoms with Gasteiger partial charge in [0, 0.05) is 11.3 Å². The second kappa shape index (κ2) is 8.55. The van der Waals surface area contributed by atoms with Crippen molar-refractivity contribution >= 4 is 35.2 Å². The highest BCUT2D eigenvalue weighted by molar-refractivity contribution is 6.07. The number of carbonyl (C=O) groups is 5. The number of nitrogens with zero attached hydrogens (tertiary/aromatic N) is 1. The minimum atomic E-state index is -1.13. The van der Waals surface area contributed by atoms with Crippen LogP contribution in [0.25, 0.3) is 0 Å². The fourth-order valence-corrected chi connectivity index (χ4v) is 3.86. The maximum atomic E-state index is 12.4. The van der Waals surface area contributed by atoms with Crippen molar-refractivity contribution in [3.63, 3.8) is 0 Å². The van der Waals surface area contributed by atoms with Crippen LogP contribution in [0.2, 0.25) is 0 Å². The molecule has 8 heteroatoms. The molecule has 1 aliphatic carbocycles. The molecule has 0 spiro atoms. The van der Waals surface area contributed by atoms with Crippen LogP contribution in [0.1, 0.15) is 49.9 Å². The Morgan fingerprint density at radius 1 is 1.14 bits per heavy atom. The van der Waals surface area contributed by atoms with Gasteiger partial charge in [-0.3, -0.25) is 28.9 Å². The number of hydrogen-bond acceptors (Lipinski definition) is 6. The Morgan fingerprint density at radius 2 is 1.76 bits per heavy atom. The number of anilines is 1. The average Bonchev–Trinajstić information content (AvgIpc) is 2.93. The Morgan fingerprint density at radius 3 is 2.34 bits per heavy atom. The van der Waals surface area contributed by atoms with Crippen molar-refractivity contribution in [3.8, 4) is 0 Å². The minimum absolute atomic E-state index is 0.138. The Bertz CT molecular complexity index is 840. The number of nitrogens with one attached hydrogen (secondary N) is 1. The van der Waals surface area contributed by atoms with Gasteiger partial charge in [0.1, 0.15) is 6.54 Å². The fourth-order valence-electron chi connectivity index (χ4n) is 3.86. The van der Waals surface area contributed by atoms with Crippen molar-refractivity contribution in [2.45, 2.75) is 45.6 Å². The van der Waals surface area contributed by atoms with E-state index in [-0.39, 0.29) is 29.4 Å². The van der Waals surface area contributed by atoms with Gasteiger partial charge in [0.05, 0.1) is 11.8 Å². The lowest BCUT2D eigenvalue weighted by molar-refractivity contribution is -0.158. The van der Waals surface area contributed by atoms with E-state index < -0.39 is 24.5 Å². The van der Waals surface area contributed by atoms with Crippen LogP contribution in [-0.2, 0) is 23.9 Å². The molecule has 0 unspecified atom stereocenters. The standard InChI is InChI=1S/C21H24N2O6/c1-12(24)14-6-5-7-15(10-14)22-19(26)13(2)29-18(25)11-23-20(27)16-8-3-4-9-17(16)21(23)28/h5-7,10,13,16-17H,3-4,8-9,11H2,1-2H3,(H,22,26)/t13-,16-,17+/m1/s1. The molecule has 2 aliphatic rings. The van der Waals surface area contributed by atoms with E-state index in [4.69, 9.17) is 4.74 Å². The van der Waals surface area contributed by atoms with Crippen LogP contribution in [-0.4, -0.2) is 47.0 Å². The highest BCUT2D eigenvalue weighted by atomic mass is 16.5. The number of imide groups is 1. The van der Waals surface area contributed by atoms with Gasteiger partial charge in [-0.05, 0) is 38.8 Å². The Kier molecular flexibility index (Phi) is 6.10. The second-order valence-corrected chi connectivity index (χ2v) is 7.52. The molecule has 1 aliphatic heterocycles. The lowest BCUT2D eigenvalue weighted by Crippen LogP contribution is -2.39. The molecule has 1 aromatic rings. The van der Waals surface area contributed by atoms with Gasteiger partial charge in [-0.2, -0.15) is 0 Å². The van der Waals surface area contributed by atoms with E-state index in [1.807, 2.05) is 0 Å². The summed E-state index contributed by atoms with van der Waals surface area (Å²) < 4.78 is 5.11. The van der Waals surface area contributed by atoms with E-state index in [0.29, 0.717) is 24.1 Å². The molecular weight excluding hydrogens is 376 g/mol. The van der Waals surface area contributed by atoms with Gasteiger partial charge in [-0.1, -0.05) is 25.0 Å². The number of hydrogen-bond donors (Lipinski definition) is 1. The molecule has 3 rings (SSSR count). The predicted molar refractivity (Wildman–Crippen MR) is 103 cm³/mol. The summed E-state index contributed by atoms with van der Waals surface area (Å²) in [6, 6.07) is 6.40. The molecule has 3 atom stereocenters. The molecule has 154 valence electrons. The van der Waals surface area contributed by atoms with Crippen LogP contribution in [0, 0.1) is 11.8 Å². The summed E-state index contributed by atoms with van der Waals surface area (Å²) in [5, 5.41) is 2.58. The highest BCUT2D eigenvalue weighted by Gasteiger charge is 2.48. The van der Waals surface area contributed by atoms with Gasteiger partial charge in [0.25, 0.3) is 5.91 Å². The number of likely N-dealkylation sites (tertiary alicyclic amines) is 1. The third kappa shape index (κ3) is 4.52. The summed E-state index contributed by atoms with van der Waals surface area (Å²) >= 11 is 0. The zero-order chi connectivity index (χ0) is 21.1. The summed E-state index contributed by atoms with van der Waals surface area (Å²) in [6.45, 7) is 2.33. The van der Waals surface area contributed by atoms with E-state index in [0.717, 1.165) is 17.7 Å². The molecule has 1 saturated carbocycles. The lowest BCUT2D eigenvalue weighted by Gasteiger charge is -2.19. The molecule has 1 heterocycles. The molecule has 1 N–H and O–H groups in total. The number of rotatable bonds is 6. The molecule has 29 heavy (non-hydrogen) atoms. The molecule has 8 nitrogen and oxygen atoms in total. The summed E-state index contributed by atoms with van der Waals surface area (Å²) in [4.78, 5) is 61.7. The topological polar surface area (TPSA) is 110 Å². The van der Waals surface area contributed by atoms with E-state index in [1.54, 1.807) is 18.2 Å². The lowest BCUT2D eigenvalue weighted by atomic mass is 9.81. The van der Waals surface area contributed by atoms with E-state index >= 15 is 0 Å². The molecular formula is C21H24N2O6. The van der Waals surface area contributed by atoms with Crippen molar-refractivity contribution in [2.75, 3.05) is 11.9 Å². The van der Waals surface area contributed by atoms with Crippen molar-refractivity contribution in [1.29, 1.82) is 0 Å². The van der Waals surface area contributed by atoms with Crippen molar-refractivity contribution < 1.29 is 28.7 Å². The van der Waals surface area contributed by atoms with E-state index in [1.165, 1.54) is 19.9 Å². The number of Topliss-reactive ketones (excluding diaryl/α,β-unsaturated/α-hetero) is 1. The van der Waals surface area contributed by atoms with Crippen LogP contribution >= 0.6 is 0 Å². The number of fused-ring (bicyclic) bond motifs is 1. The number of ether oxygens (including phenoxy) is 1. The van der Waals surface area contributed by atoms with E-state index in [2.05, 4.69) is 5.32 Å². The van der Waals surface area contributed by atoms with Crippen LogP contribution in [0.15, 0.2) is 24.3 Å². The van der Waals surface area contributed by atoms with Gasteiger partial charge < -0.3 is 10.1 Å². The van der Waals surface area contributed by atoms with Gasteiger partial charge in [0.2, 0.25) is 11.8 Å². The highest BCUT2D eigenvalue weighted by Crippen LogP contribution is 2.37. The summed E-state index contributed by atoms with van der Waals surface area (Å²) in [5.41, 5.74) is 0.847. The second-order valence-electron chi connectivity index (χ2n) is 7.52. The van der Waals surface area contributed by atoms with Gasteiger partial charge in [-0.25, -0.2) is 0 Å². The molecule has 0 radical (unpaired) electrons. The van der Waals surface area contributed by atoms with Crippen molar-refractivity contribution in [2.24, 2.45) is 11.8 Å². The Labute approximate surface area is 168 Å². The number of carbonyl (C=O) groups excluding carboxylic acids is 5. The van der Waals surface area contributed by atoms with Crippen LogP contribution in [0.4, 0.5) is 5.69 Å². The number of amides is 3.